The molecule has 1 aliphatic carbocycles. The van der Waals surface area contributed by atoms with Crippen molar-refractivity contribution < 1.29 is 13.9 Å². The summed E-state index contributed by atoms with van der Waals surface area (Å²) in [5, 5.41) is 7.49. The lowest BCUT2D eigenvalue weighted by atomic mass is 9.94. The van der Waals surface area contributed by atoms with E-state index in [1.807, 2.05) is 31.2 Å². The minimum Gasteiger partial charge on any atom is -0.497 e. The van der Waals surface area contributed by atoms with E-state index in [0.717, 1.165) is 24.2 Å². The number of rotatable bonds is 6. The third kappa shape index (κ3) is 3.47. The Morgan fingerprint density at radius 1 is 1.19 bits per heavy atom. The van der Waals surface area contributed by atoms with E-state index in [1.54, 1.807) is 31.4 Å². The van der Waals surface area contributed by atoms with E-state index in [9.17, 15) is 9.18 Å². The molecule has 1 saturated carbocycles. The summed E-state index contributed by atoms with van der Waals surface area (Å²) in [7, 11) is 1.62. The number of carbonyl (C=O) groups is 1. The number of ether oxygens (including phenoxy) is 1. The van der Waals surface area contributed by atoms with Crippen LogP contribution in [0.5, 0.6) is 5.75 Å². The van der Waals surface area contributed by atoms with Gasteiger partial charge in [0.15, 0.2) is 11.5 Å². The molecule has 32 heavy (non-hydrogen) atoms. The Kier molecular flexibility index (Phi) is 4.84. The smallest absolute Gasteiger partial charge is 0.231 e. The van der Waals surface area contributed by atoms with Gasteiger partial charge in [-0.3, -0.25) is 4.79 Å². The highest BCUT2D eigenvalue weighted by atomic mass is 19.1. The van der Waals surface area contributed by atoms with Crippen LogP contribution in [0.25, 0.3) is 16.9 Å². The van der Waals surface area contributed by atoms with Crippen molar-refractivity contribution in [1.82, 2.24) is 24.9 Å². The van der Waals surface area contributed by atoms with Gasteiger partial charge in [0, 0.05) is 11.6 Å². The zero-order chi connectivity index (χ0) is 22.3. The Balaban J connectivity index is 1.36. The van der Waals surface area contributed by atoms with Crippen LogP contribution in [-0.2, 0) is 10.2 Å². The van der Waals surface area contributed by atoms with Crippen molar-refractivity contribution in [3.05, 3.63) is 78.1 Å². The van der Waals surface area contributed by atoms with Gasteiger partial charge in [0.05, 0.1) is 24.3 Å². The van der Waals surface area contributed by atoms with Crippen LogP contribution in [0.3, 0.4) is 0 Å². The zero-order valence-electron chi connectivity index (χ0n) is 17.7. The predicted molar refractivity (Wildman–Crippen MR) is 117 cm³/mol. The fourth-order valence-electron chi connectivity index (χ4n) is 3.89. The number of hydrogen-bond acceptors (Lipinski definition) is 5. The molecule has 0 spiro atoms. The number of amides is 1. The summed E-state index contributed by atoms with van der Waals surface area (Å²) in [5.41, 5.74) is 1.87. The van der Waals surface area contributed by atoms with Crippen LogP contribution in [-0.4, -0.2) is 32.6 Å². The molecule has 1 N–H and O–H groups in total. The summed E-state index contributed by atoms with van der Waals surface area (Å²) < 4.78 is 20.9. The summed E-state index contributed by atoms with van der Waals surface area (Å²) >= 11 is 0. The summed E-state index contributed by atoms with van der Waals surface area (Å²) in [6.45, 7) is 1.85. The van der Waals surface area contributed by atoms with Gasteiger partial charge in [-0.1, -0.05) is 24.3 Å². The lowest BCUT2D eigenvalue weighted by Crippen LogP contribution is -2.36. The molecule has 0 bridgehead atoms. The molecule has 0 radical (unpaired) electrons. The lowest BCUT2D eigenvalue weighted by molar-refractivity contribution is -0.124. The van der Waals surface area contributed by atoms with E-state index < -0.39 is 11.5 Å². The Labute approximate surface area is 184 Å². The molecule has 2 heterocycles. The maximum atomic E-state index is 14.1. The van der Waals surface area contributed by atoms with E-state index in [0.29, 0.717) is 22.7 Å². The first kappa shape index (κ1) is 20.1. The van der Waals surface area contributed by atoms with Crippen molar-refractivity contribution in [2.45, 2.75) is 31.2 Å². The number of nitrogens with zero attached hydrogens (tertiary/aromatic N) is 4. The Hall–Kier alpha value is -3.81. The predicted octanol–water partition coefficient (Wildman–Crippen LogP) is 3.85. The number of methoxy groups -OCH3 is 1. The van der Waals surface area contributed by atoms with E-state index in [1.165, 1.54) is 16.9 Å². The topological polar surface area (TPSA) is 81.4 Å². The number of fused-ring (bicyclic) bond motifs is 1. The highest BCUT2D eigenvalue weighted by Crippen LogP contribution is 2.49. The molecule has 5 rings (SSSR count). The van der Waals surface area contributed by atoms with Crippen LogP contribution in [0.4, 0.5) is 4.39 Å². The Morgan fingerprint density at radius 2 is 1.94 bits per heavy atom. The minimum absolute atomic E-state index is 0.0424. The van der Waals surface area contributed by atoms with Gasteiger partial charge < -0.3 is 10.1 Å². The van der Waals surface area contributed by atoms with Crippen molar-refractivity contribution in [1.29, 1.82) is 0 Å². The van der Waals surface area contributed by atoms with Gasteiger partial charge in [0.2, 0.25) is 5.91 Å². The summed E-state index contributed by atoms with van der Waals surface area (Å²) in [4.78, 5) is 21.9. The van der Waals surface area contributed by atoms with Crippen LogP contribution >= 0.6 is 0 Å². The molecular formula is C24H22FN5O2. The largest absolute Gasteiger partial charge is 0.497 e. The van der Waals surface area contributed by atoms with Gasteiger partial charge in [0.25, 0.3) is 0 Å². The molecule has 1 aliphatic rings. The van der Waals surface area contributed by atoms with Gasteiger partial charge in [-0.15, -0.1) is 5.10 Å². The third-order valence-corrected chi connectivity index (χ3v) is 5.96. The first-order chi connectivity index (χ1) is 15.5. The summed E-state index contributed by atoms with van der Waals surface area (Å²) in [6.07, 6.45) is 3.10. The molecule has 0 saturated heterocycles. The van der Waals surface area contributed by atoms with Gasteiger partial charge in [-0.25, -0.2) is 18.9 Å². The van der Waals surface area contributed by atoms with Gasteiger partial charge in [0.1, 0.15) is 17.9 Å². The Bertz CT molecular complexity index is 1300. The molecular weight excluding hydrogens is 409 g/mol. The monoisotopic (exact) mass is 431 g/mol. The fraction of sp³-hybridized carbons (Fsp3) is 0.250. The maximum absolute atomic E-state index is 14.1. The molecule has 0 aliphatic heterocycles. The molecule has 1 fully saturated rings. The molecule has 1 amide bonds. The highest BCUT2D eigenvalue weighted by Gasteiger charge is 2.51. The number of hydrogen-bond donors (Lipinski definition) is 1. The molecule has 4 aromatic rings. The van der Waals surface area contributed by atoms with E-state index in [2.05, 4.69) is 20.4 Å². The van der Waals surface area contributed by atoms with Crippen LogP contribution < -0.4 is 10.1 Å². The fourth-order valence-corrected chi connectivity index (χ4v) is 3.89. The second-order valence-corrected chi connectivity index (χ2v) is 8.03. The maximum Gasteiger partial charge on any atom is 0.231 e. The molecule has 8 heteroatoms. The van der Waals surface area contributed by atoms with Gasteiger partial charge >= 0.3 is 0 Å². The van der Waals surface area contributed by atoms with Crippen LogP contribution in [0.2, 0.25) is 0 Å². The molecule has 7 nitrogen and oxygen atoms in total. The van der Waals surface area contributed by atoms with E-state index in [-0.39, 0.29) is 11.7 Å². The number of nitrogens with one attached hydrogen (secondary N) is 1. The summed E-state index contributed by atoms with van der Waals surface area (Å²) in [6, 6.07) is 15.4. The first-order valence-electron chi connectivity index (χ1n) is 10.4. The molecule has 1 atom stereocenters. The normalized spacial score (nSPS) is 15.3. The lowest BCUT2D eigenvalue weighted by Gasteiger charge is -2.18. The second-order valence-electron chi connectivity index (χ2n) is 8.03. The minimum atomic E-state index is -0.515. The van der Waals surface area contributed by atoms with Crippen molar-refractivity contribution in [2.75, 3.05) is 7.11 Å². The number of carbonyl (C=O) groups excluding carboxylic acids is 1. The van der Waals surface area contributed by atoms with E-state index >= 15 is 0 Å². The third-order valence-electron chi connectivity index (χ3n) is 5.96. The number of aromatic nitrogens is 4. The Morgan fingerprint density at radius 3 is 2.62 bits per heavy atom. The average molecular weight is 431 g/mol. The van der Waals surface area contributed by atoms with Crippen molar-refractivity contribution in [3.63, 3.8) is 0 Å². The second kappa shape index (κ2) is 7.71. The van der Waals surface area contributed by atoms with Crippen molar-refractivity contribution in [3.8, 4) is 17.0 Å². The van der Waals surface area contributed by atoms with E-state index in [4.69, 9.17) is 4.74 Å². The highest BCUT2D eigenvalue weighted by molar-refractivity contribution is 5.91. The average Bonchev–Trinajstić information content (AvgIpc) is 3.52. The molecule has 162 valence electrons. The summed E-state index contributed by atoms with van der Waals surface area (Å²) in [5.74, 6) is 0.837. The first-order valence-corrected chi connectivity index (χ1v) is 10.4. The molecule has 0 unspecified atom stereocenters. The quantitative estimate of drug-likeness (QED) is 0.502. The standard InChI is InChI=1S/C24H22FN5O2/c1-15(27-23(31)24(11-12-24)16-7-9-17(32-2)10-8-16)22-28-21-13-20(26-14-30(21)29-22)18-5-3-4-6-19(18)25/h3-10,13-15H,11-12H2,1-2H3,(H,27,31)/t15-/m1/s1. The van der Waals surface area contributed by atoms with Crippen LogP contribution in [0, 0.1) is 5.82 Å². The van der Waals surface area contributed by atoms with Gasteiger partial charge in [-0.2, -0.15) is 0 Å². The number of benzene rings is 2. The van der Waals surface area contributed by atoms with Crippen molar-refractivity contribution in [2.24, 2.45) is 0 Å². The number of halogens is 1. The molecule has 2 aromatic carbocycles. The zero-order valence-corrected chi connectivity index (χ0v) is 17.7. The molecule has 2 aromatic heterocycles. The van der Waals surface area contributed by atoms with Crippen LogP contribution in [0.15, 0.2) is 60.9 Å². The SMILES string of the molecule is COc1ccc(C2(C(=O)N[C@H](C)c3nc4cc(-c5ccccc5F)ncn4n3)CC2)cc1. The van der Waals surface area contributed by atoms with Crippen molar-refractivity contribution >= 4 is 11.6 Å². The van der Waals surface area contributed by atoms with Crippen LogP contribution in [0.1, 0.15) is 37.2 Å². The van der Waals surface area contributed by atoms with Gasteiger partial charge in [-0.05, 0) is 49.6 Å².